The van der Waals surface area contributed by atoms with Crippen molar-refractivity contribution in [2.24, 2.45) is 9.98 Å². The zero-order chi connectivity index (χ0) is 12.8. The molecule has 0 fully saturated rings. The molecule has 0 radical (unpaired) electrons. The number of aliphatic imine (C=N–C) groups is 2. The Kier molecular flexibility index (Phi) is 2.24. The van der Waals surface area contributed by atoms with E-state index in [0.717, 1.165) is 31.0 Å². The summed E-state index contributed by atoms with van der Waals surface area (Å²) in [7, 11) is 0. The SMILES string of the molecule is CC1CN2C=NC3=C(CCNc4ccccc43)C2=N1. The summed E-state index contributed by atoms with van der Waals surface area (Å²) in [6, 6.07) is 8.74. The van der Waals surface area contributed by atoms with E-state index < -0.39 is 0 Å². The van der Waals surface area contributed by atoms with Crippen LogP contribution in [0.1, 0.15) is 18.9 Å². The number of hydrogen-bond donors (Lipinski definition) is 1. The molecule has 1 N–H and O–H groups in total. The minimum absolute atomic E-state index is 0.361. The van der Waals surface area contributed by atoms with E-state index in [4.69, 9.17) is 4.99 Å². The second-order valence-corrected chi connectivity index (χ2v) is 5.25. The van der Waals surface area contributed by atoms with E-state index in [2.05, 4.69) is 46.4 Å². The Hall–Kier alpha value is -2.10. The molecule has 19 heavy (non-hydrogen) atoms. The van der Waals surface area contributed by atoms with Crippen LogP contribution in [-0.2, 0) is 0 Å². The van der Waals surface area contributed by atoms with Crippen molar-refractivity contribution in [3.63, 3.8) is 0 Å². The topological polar surface area (TPSA) is 40.0 Å². The Morgan fingerprint density at radius 2 is 2.21 bits per heavy atom. The minimum Gasteiger partial charge on any atom is -0.384 e. The summed E-state index contributed by atoms with van der Waals surface area (Å²) in [5.74, 6) is 1.12. The van der Waals surface area contributed by atoms with E-state index in [-0.39, 0.29) is 0 Å². The first-order valence-corrected chi connectivity index (χ1v) is 6.78. The lowest BCUT2D eigenvalue weighted by Crippen LogP contribution is -2.31. The van der Waals surface area contributed by atoms with Gasteiger partial charge in [-0.05, 0) is 19.4 Å². The van der Waals surface area contributed by atoms with Gasteiger partial charge in [0.05, 0.1) is 18.1 Å². The molecule has 3 heterocycles. The molecule has 0 saturated carbocycles. The Morgan fingerprint density at radius 1 is 1.32 bits per heavy atom. The summed E-state index contributed by atoms with van der Waals surface area (Å²) in [5.41, 5.74) is 4.73. The third-order valence-electron chi connectivity index (χ3n) is 3.83. The molecule has 4 heteroatoms. The molecule has 3 aliphatic heterocycles. The number of nitrogens with one attached hydrogen (secondary N) is 1. The van der Waals surface area contributed by atoms with Gasteiger partial charge in [-0.2, -0.15) is 0 Å². The van der Waals surface area contributed by atoms with Crippen molar-refractivity contribution < 1.29 is 0 Å². The number of nitrogens with zero attached hydrogens (tertiary/aromatic N) is 3. The Bertz CT molecular complexity index is 627. The molecule has 1 unspecified atom stereocenters. The number of hydrogen-bond acceptors (Lipinski definition) is 4. The molecule has 4 rings (SSSR count). The summed E-state index contributed by atoms with van der Waals surface area (Å²) >= 11 is 0. The van der Waals surface area contributed by atoms with Gasteiger partial charge in [0.15, 0.2) is 0 Å². The molecule has 0 aliphatic carbocycles. The number of fused-ring (bicyclic) bond motifs is 4. The zero-order valence-electron chi connectivity index (χ0n) is 10.9. The highest BCUT2D eigenvalue weighted by atomic mass is 15.3. The van der Waals surface area contributed by atoms with Gasteiger partial charge >= 0.3 is 0 Å². The third-order valence-corrected chi connectivity index (χ3v) is 3.83. The number of amidine groups is 1. The highest BCUT2D eigenvalue weighted by Crippen LogP contribution is 2.35. The third kappa shape index (κ3) is 1.59. The van der Waals surface area contributed by atoms with E-state index in [1.54, 1.807) is 0 Å². The summed E-state index contributed by atoms with van der Waals surface area (Å²) in [5, 5.41) is 3.48. The summed E-state index contributed by atoms with van der Waals surface area (Å²) in [6.45, 7) is 4.04. The predicted octanol–water partition coefficient (Wildman–Crippen LogP) is 2.36. The van der Waals surface area contributed by atoms with Crippen LogP contribution in [0.4, 0.5) is 5.69 Å². The van der Waals surface area contributed by atoms with Crippen LogP contribution in [0.2, 0.25) is 0 Å². The first-order valence-electron chi connectivity index (χ1n) is 6.78. The second kappa shape index (κ2) is 3.95. The molecule has 1 aromatic carbocycles. The highest BCUT2D eigenvalue weighted by molar-refractivity contribution is 6.14. The van der Waals surface area contributed by atoms with Crippen molar-refractivity contribution in [1.29, 1.82) is 0 Å². The molecule has 96 valence electrons. The molecule has 0 amide bonds. The van der Waals surface area contributed by atoms with Crippen molar-refractivity contribution in [3.8, 4) is 0 Å². The van der Waals surface area contributed by atoms with Gasteiger partial charge in [0, 0.05) is 29.9 Å². The first kappa shape index (κ1) is 10.8. The summed E-state index contributed by atoms with van der Waals surface area (Å²) in [4.78, 5) is 11.6. The maximum Gasteiger partial charge on any atom is 0.134 e. The number of rotatable bonds is 0. The Labute approximate surface area is 112 Å². The van der Waals surface area contributed by atoms with Crippen molar-refractivity contribution in [3.05, 3.63) is 35.4 Å². The fourth-order valence-electron chi connectivity index (χ4n) is 2.99. The fraction of sp³-hybridized carbons (Fsp3) is 0.333. The smallest absolute Gasteiger partial charge is 0.134 e. The Balaban J connectivity index is 1.91. The van der Waals surface area contributed by atoms with Gasteiger partial charge in [0.1, 0.15) is 5.84 Å². The summed E-state index contributed by atoms with van der Waals surface area (Å²) in [6.07, 6.45) is 2.91. The maximum absolute atomic E-state index is 4.78. The van der Waals surface area contributed by atoms with Crippen LogP contribution >= 0.6 is 0 Å². The van der Waals surface area contributed by atoms with Crippen molar-refractivity contribution in [1.82, 2.24) is 4.90 Å². The fourth-order valence-corrected chi connectivity index (χ4v) is 2.99. The lowest BCUT2D eigenvalue weighted by Gasteiger charge is -2.22. The molecule has 3 aliphatic rings. The van der Waals surface area contributed by atoms with Crippen molar-refractivity contribution in [2.75, 3.05) is 18.4 Å². The van der Waals surface area contributed by atoms with E-state index >= 15 is 0 Å². The molecule has 0 spiro atoms. The maximum atomic E-state index is 4.78. The van der Waals surface area contributed by atoms with Gasteiger partial charge in [0.2, 0.25) is 0 Å². The molecule has 0 saturated heterocycles. The summed E-state index contributed by atoms with van der Waals surface area (Å²) < 4.78 is 0. The molecule has 0 aromatic heterocycles. The van der Waals surface area contributed by atoms with Gasteiger partial charge in [-0.15, -0.1) is 0 Å². The lowest BCUT2D eigenvalue weighted by molar-refractivity contribution is 0.608. The molecular formula is C15H16N4. The largest absolute Gasteiger partial charge is 0.384 e. The van der Waals surface area contributed by atoms with E-state index in [0.29, 0.717) is 6.04 Å². The molecule has 4 nitrogen and oxygen atoms in total. The zero-order valence-corrected chi connectivity index (χ0v) is 10.9. The number of para-hydroxylation sites is 1. The van der Waals surface area contributed by atoms with Crippen LogP contribution in [0.15, 0.2) is 39.8 Å². The predicted molar refractivity (Wildman–Crippen MR) is 78.6 cm³/mol. The first-order chi connectivity index (χ1) is 9.33. The molecule has 1 aromatic rings. The monoisotopic (exact) mass is 252 g/mol. The molecule has 1 atom stereocenters. The lowest BCUT2D eigenvalue weighted by atomic mass is 10.0. The number of anilines is 1. The van der Waals surface area contributed by atoms with Crippen LogP contribution in [0.5, 0.6) is 0 Å². The van der Waals surface area contributed by atoms with Gasteiger partial charge in [-0.3, -0.25) is 4.99 Å². The Morgan fingerprint density at radius 3 is 3.16 bits per heavy atom. The standard InChI is InChI=1S/C15H16N4/c1-10-8-19-9-17-14-11-4-2-3-5-13(11)16-7-6-12(14)15(19)18-10/h2-5,9-10,16H,6-8H2,1H3. The minimum atomic E-state index is 0.361. The van der Waals surface area contributed by atoms with Gasteiger partial charge < -0.3 is 10.2 Å². The number of benzene rings is 1. The van der Waals surface area contributed by atoms with Crippen LogP contribution < -0.4 is 5.32 Å². The molecule has 0 bridgehead atoms. The van der Waals surface area contributed by atoms with Crippen molar-refractivity contribution in [2.45, 2.75) is 19.4 Å². The molecular weight excluding hydrogens is 236 g/mol. The quantitative estimate of drug-likeness (QED) is 0.770. The second-order valence-electron chi connectivity index (χ2n) is 5.25. The van der Waals surface area contributed by atoms with Crippen LogP contribution in [0.25, 0.3) is 5.70 Å². The normalized spacial score (nSPS) is 24.2. The van der Waals surface area contributed by atoms with Gasteiger partial charge in [-0.1, -0.05) is 18.2 Å². The van der Waals surface area contributed by atoms with E-state index in [1.807, 2.05) is 6.34 Å². The highest BCUT2D eigenvalue weighted by Gasteiger charge is 2.30. The average Bonchev–Trinajstić information content (AvgIpc) is 2.70. The van der Waals surface area contributed by atoms with Crippen LogP contribution in [0, 0.1) is 0 Å². The van der Waals surface area contributed by atoms with E-state index in [1.165, 1.54) is 16.8 Å². The van der Waals surface area contributed by atoms with Crippen LogP contribution in [-0.4, -0.2) is 36.2 Å². The van der Waals surface area contributed by atoms with E-state index in [9.17, 15) is 0 Å². The van der Waals surface area contributed by atoms with Crippen molar-refractivity contribution >= 4 is 23.6 Å². The average molecular weight is 252 g/mol. The van der Waals surface area contributed by atoms with Crippen LogP contribution in [0.3, 0.4) is 0 Å². The van der Waals surface area contributed by atoms with Gasteiger partial charge in [-0.25, -0.2) is 4.99 Å². The van der Waals surface area contributed by atoms with Gasteiger partial charge in [0.25, 0.3) is 0 Å².